The Kier molecular flexibility index (Phi) is 11.2. The first-order valence-electron chi connectivity index (χ1n) is 10.7. The molecule has 2 rings (SSSR count). The van der Waals surface area contributed by atoms with Crippen LogP contribution in [0.25, 0.3) is 0 Å². The first-order valence-corrected chi connectivity index (χ1v) is 10.7. The van der Waals surface area contributed by atoms with Gasteiger partial charge in [0.2, 0.25) is 0 Å². The normalized spacial score (nSPS) is 10.6. The van der Waals surface area contributed by atoms with Gasteiger partial charge in [0.25, 0.3) is 0 Å². The maximum atomic E-state index is 12.8. The predicted octanol–water partition coefficient (Wildman–Crippen LogP) is 5.97. The van der Waals surface area contributed by atoms with Crippen LogP contribution in [0.3, 0.4) is 0 Å². The summed E-state index contributed by atoms with van der Waals surface area (Å²) >= 11 is 0. The molecule has 0 bridgehead atoms. The zero-order valence-corrected chi connectivity index (χ0v) is 19.3. The third kappa shape index (κ3) is 8.00. The quantitative estimate of drug-likeness (QED) is 0.227. The van der Waals surface area contributed by atoms with Crippen LogP contribution in [0.1, 0.15) is 55.1 Å². The Balaban J connectivity index is 0.00000265. The summed E-state index contributed by atoms with van der Waals surface area (Å²) < 4.78 is 48.9. The van der Waals surface area contributed by atoms with Gasteiger partial charge in [0.05, 0.1) is 19.3 Å². The molecule has 6 nitrogen and oxygen atoms in total. The van der Waals surface area contributed by atoms with Crippen LogP contribution in [0.2, 0.25) is 0 Å². The Bertz CT molecular complexity index is 913. The molecular weight excluding hydrogens is 437 g/mol. The Hall–Kier alpha value is -3.23. The minimum Gasteiger partial charge on any atom is -0.507 e. The molecule has 3 N–H and O–H groups in total. The van der Waals surface area contributed by atoms with Crippen molar-refractivity contribution in [3.8, 4) is 11.5 Å². The molecular formula is C24H31F3N2O4. The minimum atomic E-state index is -4.84. The molecule has 2 aromatic rings. The van der Waals surface area contributed by atoms with E-state index in [4.69, 9.17) is 10.1 Å². The number of hydrogen-bond acceptors (Lipinski definition) is 6. The van der Waals surface area contributed by atoms with Gasteiger partial charge in [-0.15, -0.1) is 0 Å². The van der Waals surface area contributed by atoms with Gasteiger partial charge in [-0.2, -0.15) is 13.2 Å². The largest absolute Gasteiger partial charge is 0.507 e. The second-order valence-electron chi connectivity index (χ2n) is 6.76. The van der Waals surface area contributed by atoms with E-state index in [1.807, 2.05) is 20.8 Å². The van der Waals surface area contributed by atoms with E-state index in [2.05, 4.69) is 10.1 Å². The monoisotopic (exact) mass is 468 g/mol. The standard InChI is InChI=1S/C22H25F3N2O4.C2H6/c1-3-5-16-18(11-10-17(19(16)28)20(26)22(23,24)25)31-13-4-12-27-15-8-6-14(7-9-15)21(29)30-2;1-2/h6-11,26-28H,3-5,12-13H2,1-2H3;1-2H3. The topological polar surface area (TPSA) is 91.6 Å². The number of esters is 1. The number of hydrogen-bond donors (Lipinski definition) is 3. The first kappa shape index (κ1) is 27.8. The molecule has 0 saturated carbocycles. The fourth-order valence-corrected chi connectivity index (χ4v) is 2.93. The molecule has 33 heavy (non-hydrogen) atoms. The van der Waals surface area contributed by atoms with Crippen molar-refractivity contribution >= 4 is 17.4 Å². The van der Waals surface area contributed by atoms with Crippen LogP contribution < -0.4 is 10.1 Å². The molecule has 0 aromatic heterocycles. The zero-order chi connectivity index (χ0) is 25.0. The highest BCUT2D eigenvalue weighted by molar-refractivity contribution is 6.04. The summed E-state index contributed by atoms with van der Waals surface area (Å²) in [6, 6.07) is 9.20. The molecule has 182 valence electrons. The lowest BCUT2D eigenvalue weighted by Crippen LogP contribution is -2.23. The molecule has 0 unspecified atom stereocenters. The van der Waals surface area contributed by atoms with Crippen molar-refractivity contribution in [1.29, 1.82) is 5.41 Å². The smallest absolute Gasteiger partial charge is 0.433 e. The van der Waals surface area contributed by atoms with E-state index < -0.39 is 29.2 Å². The molecule has 2 aromatic carbocycles. The van der Waals surface area contributed by atoms with Crippen molar-refractivity contribution < 1.29 is 32.5 Å². The number of alkyl halides is 3. The third-order valence-corrected chi connectivity index (χ3v) is 4.51. The van der Waals surface area contributed by atoms with Gasteiger partial charge in [-0.25, -0.2) is 4.79 Å². The average molecular weight is 469 g/mol. The van der Waals surface area contributed by atoms with Gasteiger partial charge in [-0.1, -0.05) is 27.2 Å². The highest BCUT2D eigenvalue weighted by Gasteiger charge is 2.37. The summed E-state index contributed by atoms with van der Waals surface area (Å²) in [5, 5.41) is 20.8. The fraction of sp³-hybridized carbons (Fsp3) is 0.417. The number of anilines is 1. The van der Waals surface area contributed by atoms with Crippen LogP contribution in [0, 0.1) is 5.41 Å². The molecule has 0 amide bonds. The summed E-state index contributed by atoms with van der Waals surface area (Å²) in [6.45, 7) is 6.67. The summed E-state index contributed by atoms with van der Waals surface area (Å²) in [4.78, 5) is 11.4. The molecule has 0 aliphatic rings. The van der Waals surface area contributed by atoms with Crippen molar-refractivity contribution in [2.75, 3.05) is 25.6 Å². The van der Waals surface area contributed by atoms with E-state index >= 15 is 0 Å². The number of nitrogens with one attached hydrogen (secondary N) is 2. The zero-order valence-electron chi connectivity index (χ0n) is 19.3. The number of rotatable bonds is 10. The lowest BCUT2D eigenvalue weighted by Gasteiger charge is -2.17. The van der Waals surface area contributed by atoms with E-state index in [0.717, 1.165) is 11.8 Å². The first-order chi connectivity index (χ1) is 15.7. The van der Waals surface area contributed by atoms with Gasteiger partial charge < -0.3 is 19.9 Å². The molecule has 0 atom stereocenters. The summed E-state index contributed by atoms with van der Waals surface area (Å²) in [6.07, 6.45) is -3.34. The number of aromatic hydroxyl groups is 1. The Morgan fingerprint density at radius 1 is 1.12 bits per heavy atom. The van der Waals surface area contributed by atoms with Crippen LogP contribution in [0.15, 0.2) is 36.4 Å². The van der Waals surface area contributed by atoms with E-state index in [-0.39, 0.29) is 12.2 Å². The molecule has 0 fully saturated rings. The van der Waals surface area contributed by atoms with Gasteiger partial charge in [-0.05, 0) is 49.2 Å². The lowest BCUT2D eigenvalue weighted by atomic mass is 10.00. The number of halogens is 3. The van der Waals surface area contributed by atoms with Crippen molar-refractivity contribution in [3.63, 3.8) is 0 Å². The van der Waals surface area contributed by atoms with Gasteiger partial charge in [-0.3, -0.25) is 5.41 Å². The van der Waals surface area contributed by atoms with E-state index in [1.165, 1.54) is 13.2 Å². The predicted molar refractivity (Wildman–Crippen MR) is 123 cm³/mol. The number of ether oxygens (including phenoxy) is 2. The number of carbonyl (C=O) groups is 1. The number of benzene rings is 2. The third-order valence-electron chi connectivity index (χ3n) is 4.51. The number of phenolic OH excluding ortho intramolecular Hbond substituents is 1. The van der Waals surface area contributed by atoms with Crippen LogP contribution in [0.5, 0.6) is 11.5 Å². The number of methoxy groups -OCH3 is 1. The van der Waals surface area contributed by atoms with Gasteiger partial charge >= 0.3 is 12.1 Å². The molecule has 0 aliphatic carbocycles. The van der Waals surface area contributed by atoms with Gasteiger partial charge in [0.15, 0.2) is 0 Å². The average Bonchev–Trinajstić information content (AvgIpc) is 2.81. The van der Waals surface area contributed by atoms with Crippen LogP contribution in [0.4, 0.5) is 18.9 Å². The van der Waals surface area contributed by atoms with Gasteiger partial charge in [0, 0.05) is 23.4 Å². The summed E-state index contributed by atoms with van der Waals surface area (Å²) in [7, 11) is 1.31. The second-order valence-corrected chi connectivity index (χ2v) is 6.76. The van der Waals surface area contributed by atoms with Crippen molar-refractivity contribution in [1.82, 2.24) is 0 Å². The maximum absolute atomic E-state index is 12.8. The minimum absolute atomic E-state index is 0.264. The number of phenols is 1. The van der Waals surface area contributed by atoms with E-state index in [0.29, 0.717) is 37.1 Å². The summed E-state index contributed by atoms with van der Waals surface area (Å²) in [5.74, 6) is -0.673. The highest BCUT2D eigenvalue weighted by Crippen LogP contribution is 2.35. The maximum Gasteiger partial charge on any atom is 0.433 e. The molecule has 0 radical (unpaired) electrons. The van der Waals surface area contributed by atoms with E-state index in [1.54, 1.807) is 24.3 Å². The van der Waals surface area contributed by atoms with Crippen LogP contribution in [-0.4, -0.2) is 43.2 Å². The van der Waals surface area contributed by atoms with E-state index in [9.17, 15) is 23.1 Å². The van der Waals surface area contributed by atoms with Gasteiger partial charge in [0.1, 0.15) is 17.2 Å². The molecule has 0 spiro atoms. The fourth-order valence-electron chi connectivity index (χ4n) is 2.93. The Morgan fingerprint density at radius 3 is 2.30 bits per heavy atom. The highest BCUT2D eigenvalue weighted by atomic mass is 19.4. The Morgan fingerprint density at radius 2 is 1.76 bits per heavy atom. The Labute approximate surface area is 192 Å². The SMILES string of the molecule is CC.CCCc1c(OCCCNc2ccc(C(=O)OC)cc2)ccc(C(=N)C(F)(F)F)c1O. The summed E-state index contributed by atoms with van der Waals surface area (Å²) in [5.41, 5.74) is -0.620. The van der Waals surface area contributed by atoms with Crippen molar-refractivity contribution in [2.24, 2.45) is 0 Å². The second kappa shape index (κ2) is 13.3. The van der Waals surface area contributed by atoms with Crippen molar-refractivity contribution in [3.05, 3.63) is 53.1 Å². The lowest BCUT2D eigenvalue weighted by molar-refractivity contribution is -0.0588. The van der Waals surface area contributed by atoms with Crippen LogP contribution >= 0.6 is 0 Å². The van der Waals surface area contributed by atoms with Crippen LogP contribution in [-0.2, 0) is 11.2 Å². The molecule has 9 heteroatoms. The number of carbonyl (C=O) groups excluding carboxylic acids is 1. The molecule has 0 heterocycles. The molecule has 0 saturated heterocycles. The van der Waals surface area contributed by atoms with Crippen molar-refractivity contribution in [2.45, 2.75) is 46.2 Å². The molecule has 0 aliphatic heterocycles.